The predicted octanol–water partition coefficient (Wildman–Crippen LogP) is 0.889. The number of hydrogen-bond acceptors (Lipinski definition) is 6. The summed E-state index contributed by atoms with van der Waals surface area (Å²) in [6.45, 7) is 0.813. The van der Waals surface area contributed by atoms with Gasteiger partial charge in [-0.15, -0.1) is 0 Å². The second-order valence-corrected chi connectivity index (χ2v) is 6.85. The fraction of sp³-hybridized carbons (Fsp3) is 0.750. The maximum absolute atomic E-state index is 14.4. The smallest absolute Gasteiger partial charge is 0.351 e. The molecule has 2 fully saturated rings. The molecule has 4 N–H and O–H groups in total. The molecule has 0 radical (unpaired) electrons. The van der Waals surface area contributed by atoms with E-state index in [-0.39, 0.29) is 12.4 Å². The maximum atomic E-state index is 14.4. The zero-order valence-corrected chi connectivity index (χ0v) is 13.9. The Bertz CT molecular complexity index is 649. The van der Waals surface area contributed by atoms with Crippen molar-refractivity contribution in [2.75, 3.05) is 18.8 Å². The van der Waals surface area contributed by atoms with Gasteiger partial charge in [-0.3, -0.25) is 4.57 Å². The van der Waals surface area contributed by atoms with E-state index >= 15 is 0 Å². The minimum atomic E-state index is -3.60. The zero-order valence-electron chi connectivity index (χ0n) is 13.9. The quantitative estimate of drug-likeness (QED) is 0.722. The molecule has 1 aliphatic heterocycles. The van der Waals surface area contributed by atoms with E-state index < -0.39 is 30.0 Å². The van der Waals surface area contributed by atoms with Crippen LogP contribution < -0.4 is 16.7 Å². The lowest BCUT2D eigenvalue weighted by Crippen LogP contribution is -2.43. The fourth-order valence-corrected chi connectivity index (χ4v) is 3.56. The van der Waals surface area contributed by atoms with Gasteiger partial charge < -0.3 is 20.9 Å². The molecular weight excluding hydrogens is 334 g/mol. The van der Waals surface area contributed by atoms with E-state index in [0.717, 1.165) is 19.0 Å². The highest BCUT2D eigenvalue weighted by Gasteiger charge is 2.59. The molecule has 1 aliphatic carbocycles. The molecule has 1 aromatic rings. The normalized spacial score (nSPS) is 29.8. The zero-order chi connectivity index (χ0) is 18.0. The van der Waals surface area contributed by atoms with Crippen molar-refractivity contribution >= 4 is 5.82 Å². The Labute approximate surface area is 144 Å². The molecule has 7 nitrogen and oxygen atoms in total. The monoisotopic (exact) mass is 358 g/mol. The third-order valence-corrected chi connectivity index (χ3v) is 4.99. The average Bonchev–Trinajstić information content (AvgIpc) is 2.80. The van der Waals surface area contributed by atoms with Crippen LogP contribution in [0.2, 0.25) is 0 Å². The van der Waals surface area contributed by atoms with Crippen LogP contribution in [0.15, 0.2) is 17.1 Å². The Balaban J connectivity index is 1.63. The highest BCUT2D eigenvalue weighted by atomic mass is 19.3. The van der Waals surface area contributed by atoms with Crippen LogP contribution in [0.1, 0.15) is 38.3 Å². The first-order valence-corrected chi connectivity index (χ1v) is 8.66. The second kappa shape index (κ2) is 7.35. The largest absolute Gasteiger partial charge is 0.384 e. The molecule has 9 heteroatoms. The summed E-state index contributed by atoms with van der Waals surface area (Å²) in [7, 11) is 0. The van der Waals surface area contributed by atoms with Gasteiger partial charge in [0.15, 0.2) is 0 Å². The highest BCUT2D eigenvalue weighted by Crippen LogP contribution is 2.42. The third-order valence-electron chi connectivity index (χ3n) is 4.99. The van der Waals surface area contributed by atoms with Crippen molar-refractivity contribution in [2.45, 2.75) is 56.5 Å². The van der Waals surface area contributed by atoms with Crippen molar-refractivity contribution in [1.29, 1.82) is 0 Å². The molecule has 3 rings (SSSR count). The number of hydrogen-bond donors (Lipinski definition) is 3. The summed E-state index contributed by atoms with van der Waals surface area (Å²) >= 11 is 0. The van der Waals surface area contributed by atoms with Crippen LogP contribution in [0, 0.1) is 5.92 Å². The number of nitrogen functional groups attached to an aromatic ring is 1. The van der Waals surface area contributed by atoms with Crippen LogP contribution >= 0.6 is 0 Å². The van der Waals surface area contributed by atoms with E-state index in [1.807, 2.05) is 0 Å². The minimum Gasteiger partial charge on any atom is -0.384 e. The highest BCUT2D eigenvalue weighted by molar-refractivity contribution is 5.23. The number of ether oxygens (including phenoxy) is 1. The Morgan fingerprint density at radius 2 is 2.08 bits per heavy atom. The number of nitrogens with one attached hydrogen (secondary N) is 1. The third kappa shape index (κ3) is 3.83. The molecule has 0 aromatic carbocycles. The van der Waals surface area contributed by atoms with Gasteiger partial charge in [0.25, 0.3) is 0 Å². The molecule has 3 atom stereocenters. The van der Waals surface area contributed by atoms with E-state index in [1.54, 1.807) is 0 Å². The van der Waals surface area contributed by atoms with Gasteiger partial charge in [-0.05, 0) is 31.4 Å². The van der Waals surface area contributed by atoms with Crippen LogP contribution in [0.25, 0.3) is 0 Å². The summed E-state index contributed by atoms with van der Waals surface area (Å²) in [5, 5.41) is 13.1. The molecule has 1 saturated heterocycles. The van der Waals surface area contributed by atoms with Gasteiger partial charge in [-0.1, -0.05) is 19.3 Å². The molecule has 2 heterocycles. The van der Waals surface area contributed by atoms with E-state index in [9.17, 15) is 18.7 Å². The number of aromatic nitrogens is 2. The van der Waals surface area contributed by atoms with Crippen molar-refractivity contribution in [3.05, 3.63) is 22.7 Å². The molecular formula is C16H24F2N4O3. The summed E-state index contributed by atoms with van der Waals surface area (Å²) < 4.78 is 34.7. The van der Waals surface area contributed by atoms with Crippen LogP contribution in [0.4, 0.5) is 14.6 Å². The van der Waals surface area contributed by atoms with Crippen LogP contribution in [-0.2, 0) is 4.74 Å². The maximum Gasteiger partial charge on any atom is 0.351 e. The molecule has 0 bridgehead atoms. The summed E-state index contributed by atoms with van der Waals surface area (Å²) in [5.41, 5.74) is 4.44. The predicted molar refractivity (Wildman–Crippen MR) is 87.2 cm³/mol. The molecule has 0 unspecified atom stereocenters. The van der Waals surface area contributed by atoms with Gasteiger partial charge in [-0.2, -0.15) is 13.8 Å². The molecule has 25 heavy (non-hydrogen) atoms. The lowest BCUT2D eigenvalue weighted by atomic mass is 9.89. The van der Waals surface area contributed by atoms with Crippen LogP contribution in [-0.4, -0.2) is 45.9 Å². The van der Waals surface area contributed by atoms with Crippen LogP contribution in [0.3, 0.4) is 0 Å². The lowest BCUT2D eigenvalue weighted by Gasteiger charge is -2.23. The first kappa shape index (κ1) is 18.2. The van der Waals surface area contributed by atoms with Crippen molar-refractivity contribution < 1.29 is 18.6 Å². The van der Waals surface area contributed by atoms with Gasteiger partial charge in [0.1, 0.15) is 18.0 Å². The number of halogens is 2. The molecule has 1 saturated carbocycles. The van der Waals surface area contributed by atoms with Crippen molar-refractivity contribution in [3.63, 3.8) is 0 Å². The first-order valence-electron chi connectivity index (χ1n) is 8.66. The van der Waals surface area contributed by atoms with E-state index in [4.69, 9.17) is 10.5 Å². The van der Waals surface area contributed by atoms with Gasteiger partial charge in [0, 0.05) is 12.7 Å². The van der Waals surface area contributed by atoms with Crippen molar-refractivity contribution in [3.8, 4) is 0 Å². The van der Waals surface area contributed by atoms with Gasteiger partial charge in [-0.25, -0.2) is 4.79 Å². The Morgan fingerprint density at radius 1 is 1.36 bits per heavy atom. The molecule has 140 valence electrons. The van der Waals surface area contributed by atoms with Crippen LogP contribution in [0.5, 0.6) is 0 Å². The summed E-state index contributed by atoms with van der Waals surface area (Å²) in [4.78, 5) is 15.2. The van der Waals surface area contributed by atoms with E-state index in [0.29, 0.717) is 17.0 Å². The Hall–Kier alpha value is -1.58. The van der Waals surface area contributed by atoms with E-state index in [2.05, 4.69) is 10.3 Å². The SMILES string of the molecule is Nc1ccn([C@@H]2O[C@H](CNCC3CCCCC3)[C@@H](O)C2(F)F)c(=O)n1. The summed E-state index contributed by atoms with van der Waals surface area (Å²) in [5.74, 6) is -3.12. The van der Waals surface area contributed by atoms with Gasteiger partial charge >= 0.3 is 11.6 Å². The molecule has 1 aromatic heterocycles. The summed E-state index contributed by atoms with van der Waals surface area (Å²) in [6.07, 6.45) is 2.01. The lowest BCUT2D eigenvalue weighted by molar-refractivity contribution is -0.140. The topological polar surface area (TPSA) is 102 Å². The minimum absolute atomic E-state index is 0.0613. The Kier molecular flexibility index (Phi) is 5.35. The van der Waals surface area contributed by atoms with Gasteiger partial charge in [0.2, 0.25) is 6.23 Å². The number of aliphatic hydroxyl groups excluding tert-OH is 1. The second-order valence-electron chi connectivity index (χ2n) is 6.85. The number of aliphatic hydroxyl groups is 1. The van der Waals surface area contributed by atoms with E-state index in [1.165, 1.54) is 25.3 Å². The first-order chi connectivity index (χ1) is 11.9. The van der Waals surface area contributed by atoms with Crippen molar-refractivity contribution in [1.82, 2.24) is 14.9 Å². The Morgan fingerprint density at radius 3 is 2.76 bits per heavy atom. The summed E-state index contributed by atoms with van der Waals surface area (Å²) in [6, 6.07) is 1.24. The number of nitrogens with two attached hydrogens (primary N) is 1. The van der Waals surface area contributed by atoms with Crippen molar-refractivity contribution in [2.24, 2.45) is 5.92 Å². The average molecular weight is 358 g/mol. The fourth-order valence-electron chi connectivity index (χ4n) is 3.56. The number of alkyl halides is 2. The van der Waals surface area contributed by atoms with Gasteiger partial charge in [0.05, 0.1) is 0 Å². The standard InChI is InChI=1S/C16H24F2N4O3/c17-16(18)13(23)11(9-20-8-10-4-2-1-3-5-10)25-14(16)22-7-6-12(19)21-15(22)24/h6-7,10-11,13-14,20,23H,1-5,8-9H2,(H2,19,21,24)/t11-,13-,14-/m1/s1. The number of rotatable bonds is 5. The number of nitrogens with zero attached hydrogens (tertiary/aromatic N) is 2. The molecule has 0 amide bonds. The molecule has 0 spiro atoms. The molecule has 2 aliphatic rings. The number of anilines is 1.